The minimum Gasteiger partial charge on any atom is -0.389 e. The van der Waals surface area contributed by atoms with E-state index < -0.39 is 0 Å². The minimum atomic E-state index is 0.603. The molecule has 0 unspecified atom stereocenters. The van der Waals surface area contributed by atoms with Gasteiger partial charge in [-0.05, 0) is 18.3 Å². The maximum absolute atomic E-state index is 4.12. The van der Waals surface area contributed by atoms with Gasteiger partial charge in [-0.15, -0.1) is 0 Å². The predicted molar refractivity (Wildman–Crippen MR) is 60.6 cm³/mol. The SMILES string of the molecule is C=C(NCCC)C(C(C)C)C(C)C. The smallest absolute Gasteiger partial charge is 0.0141 e. The highest BCUT2D eigenvalue weighted by atomic mass is 14.9. The van der Waals surface area contributed by atoms with Gasteiger partial charge in [0.1, 0.15) is 0 Å². The molecule has 0 saturated carbocycles. The van der Waals surface area contributed by atoms with Crippen molar-refractivity contribution < 1.29 is 0 Å². The molecule has 0 aromatic heterocycles. The summed E-state index contributed by atoms with van der Waals surface area (Å²) in [4.78, 5) is 0. The van der Waals surface area contributed by atoms with Crippen molar-refractivity contribution in [3.8, 4) is 0 Å². The van der Waals surface area contributed by atoms with Crippen LogP contribution in [0.2, 0.25) is 0 Å². The molecule has 0 aliphatic carbocycles. The molecule has 0 aliphatic rings. The Bertz CT molecular complexity index is 139. The van der Waals surface area contributed by atoms with Crippen molar-refractivity contribution in [2.45, 2.75) is 41.0 Å². The first-order chi connectivity index (χ1) is 6.00. The molecule has 0 spiro atoms. The van der Waals surface area contributed by atoms with E-state index >= 15 is 0 Å². The van der Waals surface area contributed by atoms with Crippen LogP contribution >= 0.6 is 0 Å². The standard InChI is InChI=1S/C12H25N/c1-7-8-13-11(6)12(9(2)3)10(4)5/h9-10,12-13H,6-8H2,1-5H3. The molecule has 0 aromatic rings. The lowest BCUT2D eigenvalue weighted by Gasteiger charge is -2.27. The van der Waals surface area contributed by atoms with E-state index in [-0.39, 0.29) is 0 Å². The third kappa shape index (κ3) is 4.35. The molecule has 0 rings (SSSR count). The van der Waals surface area contributed by atoms with Crippen LogP contribution in [0.25, 0.3) is 0 Å². The molecule has 0 amide bonds. The Balaban J connectivity index is 4.13. The fraction of sp³-hybridized carbons (Fsp3) is 0.833. The first-order valence-electron chi connectivity index (χ1n) is 5.43. The maximum atomic E-state index is 4.12. The molecule has 78 valence electrons. The van der Waals surface area contributed by atoms with E-state index in [2.05, 4.69) is 46.5 Å². The van der Waals surface area contributed by atoms with Gasteiger partial charge in [-0.1, -0.05) is 41.2 Å². The van der Waals surface area contributed by atoms with Crippen LogP contribution in [0.15, 0.2) is 12.3 Å². The topological polar surface area (TPSA) is 12.0 Å². The van der Waals surface area contributed by atoms with Gasteiger partial charge in [0.25, 0.3) is 0 Å². The van der Waals surface area contributed by atoms with E-state index in [1.54, 1.807) is 0 Å². The second-order valence-electron chi connectivity index (χ2n) is 4.47. The molecule has 0 saturated heterocycles. The Morgan fingerprint density at radius 2 is 1.62 bits per heavy atom. The second-order valence-corrected chi connectivity index (χ2v) is 4.47. The van der Waals surface area contributed by atoms with Crippen molar-refractivity contribution in [3.63, 3.8) is 0 Å². The summed E-state index contributed by atoms with van der Waals surface area (Å²) in [6, 6.07) is 0. The Kier molecular flexibility index (Phi) is 5.85. The predicted octanol–water partition coefficient (Wildman–Crippen LogP) is 3.43. The van der Waals surface area contributed by atoms with Crippen molar-refractivity contribution in [3.05, 3.63) is 12.3 Å². The summed E-state index contributed by atoms with van der Waals surface area (Å²) >= 11 is 0. The summed E-state index contributed by atoms with van der Waals surface area (Å²) in [6.45, 7) is 16.4. The summed E-state index contributed by atoms with van der Waals surface area (Å²) in [5, 5.41) is 3.40. The van der Waals surface area contributed by atoms with E-state index in [1.807, 2.05) is 0 Å². The summed E-state index contributed by atoms with van der Waals surface area (Å²) in [5.41, 5.74) is 1.21. The number of rotatable bonds is 6. The Hall–Kier alpha value is -0.460. The van der Waals surface area contributed by atoms with Crippen LogP contribution in [-0.4, -0.2) is 6.54 Å². The van der Waals surface area contributed by atoms with Gasteiger partial charge in [-0.3, -0.25) is 0 Å². The van der Waals surface area contributed by atoms with Crippen LogP contribution < -0.4 is 5.32 Å². The highest BCUT2D eigenvalue weighted by molar-refractivity contribution is 5.00. The molecule has 0 aliphatic heterocycles. The summed E-state index contributed by atoms with van der Waals surface area (Å²) in [7, 11) is 0. The number of hydrogen-bond donors (Lipinski definition) is 1. The zero-order valence-electron chi connectivity index (χ0n) is 9.85. The molecular weight excluding hydrogens is 158 g/mol. The average Bonchev–Trinajstić information content (AvgIpc) is 1.99. The molecule has 0 radical (unpaired) electrons. The highest BCUT2D eigenvalue weighted by Crippen LogP contribution is 2.25. The van der Waals surface area contributed by atoms with Crippen molar-refractivity contribution in [1.82, 2.24) is 5.32 Å². The normalized spacial score (nSPS) is 11.4. The Morgan fingerprint density at radius 3 is 1.92 bits per heavy atom. The van der Waals surface area contributed by atoms with Crippen LogP contribution in [0.5, 0.6) is 0 Å². The van der Waals surface area contributed by atoms with E-state index in [1.165, 1.54) is 12.1 Å². The van der Waals surface area contributed by atoms with Crippen LogP contribution in [-0.2, 0) is 0 Å². The van der Waals surface area contributed by atoms with Gasteiger partial charge < -0.3 is 5.32 Å². The van der Waals surface area contributed by atoms with E-state index in [4.69, 9.17) is 0 Å². The zero-order chi connectivity index (χ0) is 10.4. The molecule has 0 fully saturated rings. The van der Waals surface area contributed by atoms with E-state index in [0.29, 0.717) is 17.8 Å². The quantitative estimate of drug-likeness (QED) is 0.665. The van der Waals surface area contributed by atoms with Gasteiger partial charge >= 0.3 is 0 Å². The largest absolute Gasteiger partial charge is 0.389 e. The van der Waals surface area contributed by atoms with Crippen LogP contribution in [0.4, 0.5) is 0 Å². The monoisotopic (exact) mass is 183 g/mol. The molecule has 0 atom stereocenters. The van der Waals surface area contributed by atoms with Crippen LogP contribution in [0.1, 0.15) is 41.0 Å². The lowest BCUT2D eigenvalue weighted by molar-refractivity contribution is 0.322. The summed E-state index contributed by atoms with van der Waals surface area (Å²) in [5.74, 6) is 1.96. The molecule has 0 heterocycles. The fourth-order valence-corrected chi connectivity index (χ4v) is 1.98. The molecule has 1 nitrogen and oxygen atoms in total. The van der Waals surface area contributed by atoms with Gasteiger partial charge in [0, 0.05) is 18.2 Å². The second kappa shape index (κ2) is 6.06. The van der Waals surface area contributed by atoms with Crippen LogP contribution in [0.3, 0.4) is 0 Å². The minimum absolute atomic E-state index is 0.603. The third-order valence-corrected chi connectivity index (χ3v) is 2.44. The Labute approximate surface area is 83.6 Å². The number of hydrogen-bond acceptors (Lipinski definition) is 1. The summed E-state index contributed by atoms with van der Waals surface area (Å²) in [6.07, 6.45) is 1.17. The van der Waals surface area contributed by atoms with Gasteiger partial charge in [-0.25, -0.2) is 0 Å². The van der Waals surface area contributed by atoms with E-state index in [9.17, 15) is 0 Å². The Morgan fingerprint density at radius 1 is 1.15 bits per heavy atom. The molecule has 0 bridgehead atoms. The average molecular weight is 183 g/mol. The van der Waals surface area contributed by atoms with Crippen molar-refractivity contribution in [2.75, 3.05) is 6.54 Å². The van der Waals surface area contributed by atoms with Gasteiger partial charge in [0.2, 0.25) is 0 Å². The molecular formula is C12H25N. The third-order valence-electron chi connectivity index (χ3n) is 2.44. The van der Waals surface area contributed by atoms with Crippen molar-refractivity contribution in [1.29, 1.82) is 0 Å². The van der Waals surface area contributed by atoms with Gasteiger partial charge in [-0.2, -0.15) is 0 Å². The van der Waals surface area contributed by atoms with Crippen molar-refractivity contribution >= 4 is 0 Å². The fourth-order valence-electron chi connectivity index (χ4n) is 1.98. The first-order valence-corrected chi connectivity index (χ1v) is 5.43. The molecule has 0 aromatic carbocycles. The molecule has 13 heavy (non-hydrogen) atoms. The van der Waals surface area contributed by atoms with Crippen LogP contribution in [0, 0.1) is 17.8 Å². The lowest BCUT2D eigenvalue weighted by Crippen LogP contribution is -2.27. The summed E-state index contributed by atoms with van der Waals surface area (Å²) < 4.78 is 0. The lowest BCUT2D eigenvalue weighted by atomic mass is 9.83. The molecule has 1 N–H and O–H groups in total. The first kappa shape index (κ1) is 12.5. The number of allylic oxidation sites excluding steroid dienone is 1. The zero-order valence-corrected chi connectivity index (χ0v) is 9.85. The van der Waals surface area contributed by atoms with Gasteiger partial charge in [0.05, 0.1) is 0 Å². The van der Waals surface area contributed by atoms with Crippen molar-refractivity contribution in [2.24, 2.45) is 17.8 Å². The van der Waals surface area contributed by atoms with Gasteiger partial charge in [0.15, 0.2) is 0 Å². The van der Waals surface area contributed by atoms with E-state index in [0.717, 1.165) is 6.54 Å². The number of nitrogens with one attached hydrogen (secondary N) is 1. The maximum Gasteiger partial charge on any atom is 0.0141 e. The highest BCUT2D eigenvalue weighted by Gasteiger charge is 2.19. The molecule has 1 heteroatoms.